The van der Waals surface area contributed by atoms with Crippen LogP contribution in [0.25, 0.3) is 5.69 Å². The van der Waals surface area contributed by atoms with Crippen molar-refractivity contribution in [2.75, 3.05) is 0 Å². The Morgan fingerprint density at radius 3 is 2.62 bits per heavy atom. The Balaban J connectivity index is 1.67. The van der Waals surface area contributed by atoms with Crippen molar-refractivity contribution < 1.29 is 9.59 Å². The molecular formula is C17H15N5O2. The number of amides is 2. The molecular weight excluding hydrogens is 306 g/mol. The number of hydrogen-bond acceptors (Lipinski definition) is 4. The molecule has 0 bridgehead atoms. The lowest BCUT2D eigenvalue weighted by Crippen LogP contribution is -2.23. The van der Waals surface area contributed by atoms with Crippen LogP contribution in [-0.4, -0.2) is 26.8 Å². The minimum absolute atomic E-state index is 0.213. The summed E-state index contributed by atoms with van der Waals surface area (Å²) in [5, 5.41) is 11.0. The zero-order valence-corrected chi connectivity index (χ0v) is 12.7. The number of nitrogens with two attached hydrogens (primary N) is 1. The highest BCUT2D eigenvalue weighted by Gasteiger charge is 2.11. The highest BCUT2D eigenvalue weighted by molar-refractivity contribution is 5.93. The van der Waals surface area contributed by atoms with Crippen LogP contribution >= 0.6 is 0 Å². The molecule has 1 heterocycles. The third kappa shape index (κ3) is 3.46. The van der Waals surface area contributed by atoms with Crippen LogP contribution in [0.4, 0.5) is 0 Å². The Morgan fingerprint density at radius 2 is 1.88 bits per heavy atom. The van der Waals surface area contributed by atoms with Crippen molar-refractivity contribution in [2.24, 2.45) is 5.73 Å². The topological polar surface area (TPSA) is 103 Å². The Labute approximate surface area is 138 Å². The smallest absolute Gasteiger partial charge is 0.273 e. The molecule has 2 amide bonds. The summed E-state index contributed by atoms with van der Waals surface area (Å²) in [6, 6.07) is 16.1. The van der Waals surface area contributed by atoms with Gasteiger partial charge in [-0.1, -0.05) is 30.3 Å². The molecule has 0 aliphatic carbocycles. The first kappa shape index (κ1) is 15.4. The van der Waals surface area contributed by atoms with Crippen molar-refractivity contribution in [3.05, 3.63) is 77.6 Å². The molecule has 7 heteroatoms. The lowest BCUT2D eigenvalue weighted by Gasteiger charge is -2.04. The van der Waals surface area contributed by atoms with Crippen molar-refractivity contribution >= 4 is 11.8 Å². The Bertz CT molecular complexity index is 873. The van der Waals surface area contributed by atoms with Gasteiger partial charge in [0.2, 0.25) is 5.91 Å². The van der Waals surface area contributed by atoms with Gasteiger partial charge in [-0.15, -0.1) is 5.10 Å². The number of primary amides is 1. The van der Waals surface area contributed by atoms with Crippen LogP contribution in [0.3, 0.4) is 0 Å². The van der Waals surface area contributed by atoms with Gasteiger partial charge in [0.15, 0.2) is 5.69 Å². The molecule has 3 N–H and O–H groups in total. The van der Waals surface area contributed by atoms with Crippen molar-refractivity contribution in [1.82, 2.24) is 20.3 Å². The van der Waals surface area contributed by atoms with E-state index in [1.165, 1.54) is 11.0 Å². The van der Waals surface area contributed by atoms with E-state index >= 15 is 0 Å². The van der Waals surface area contributed by atoms with Crippen LogP contribution in [0.2, 0.25) is 0 Å². The quantitative estimate of drug-likeness (QED) is 0.739. The van der Waals surface area contributed by atoms with E-state index in [1.54, 1.807) is 24.3 Å². The SMILES string of the molecule is NC(=O)c1cccc(CNC(=O)c2cnn(-c3ccccc3)n2)c1. The maximum Gasteiger partial charge on any atom is 0.273 e. The summed E-state index contributed by atoms with van der Waals surface area (Å²) in [5.41, 5.74) is 7.40. The molecule has 2 aromatic carbocycles. The van der Waals surface area contributed by atoms with Crippen LogP contribution < -0.4 is 11.1 Å². The number of hydrogen-bond donors (Lipinski definition) is 2. The first-order valence-corrected chi connectivity index (χ1v) is 7.28. The van der Waals surface area contributed by atoms with Gasteiger partial charge in [-0.3, -0.25) is 9.59 Å². The molecule has 3 rings (SSSR count). The fraction of sp³-hybridized carbons (Fsp3) is 0.0588. The summed E-state index contributed by atoms with van der Waals surface area (Å²) in [6.07, 6.45) is 1.40. The van der Waals surface area contributed by atoms with E-state index in [0.29, 0.717) is 5.56 Å². The highest BCUT2D eigenvalue weighted by atomic mass is 16.2. The number of carbonyl (C=O) groups is 2. The first-order valence-electron chi connectivity index (χ1n) is 7.28. The third-order valence-corrected chi connectivity index (χ3v) is 3.38. The van der Waals surface area contributed by atoms with Gasteiger partial charge >= 0.3 is 0 Å². The average molecular weight is 321 g/mol. The van der Waals surface area contributed by atoms with Gasteiger partial charge in [0.25, 0.3) is 5.91 Å². The van der Waals surface area contributed by atoms with E-state index in [-0.39, 0.29) is 18.1 Å². The molecule has 0 saturated heterocycles. The second kappa shape index (κ2) is 6.74. The maximum absolute atomic E-state index is 12.2. The van der Waals surface area contributed by atoms with E-state index in [4.69, 9.17) is 5.73 Å². The summed E-state index contributed by atoms with van der Waals surface area (Å²) >= 11 is 0. The molecule has 3 aromatic rings. The molecule has 0 aliphatic rings. The number of para-hydroxylation sites is 1. The minimum Gasteiger partial charge on any atom is -0.366 e. The Kier molecular flexibility index (Phi) is 4.33. The monoisotopic (exact) mass is 321 g/mol. The molecule has 0 saturated carbocycles. The fourth-order valence-electron chi connectivity index (χ4n) is 2.16. The van der Waals surface area contributed by atoms with Crippen molar-refractivity contribution in [1.29, 1.82) is 0 Å². The molecule has 24 heavy (non-hydrogen) atoms. The molecule has 0 unspecified atom stereocenters. The minimum atomic E-state index is -0.506. The Morgan fingerprint density at radius 1 is 1.08 bits per heavy atom. The predicted octanol–water partition coefficient (Wildman–Crippen LogP) is 1.30. The van der Waals surface area contributed by atoms with Gasteiger partial charge in [0.1, 0.15) is 0 Å². The summed E-state index contributed by atoms with van der Waals surface area (Å²) < 4.78 is 0. The van der Waals surface area contributed by atoms with E-state index in [9.17, 15) is 9.59 Å². The molecule has 120 valence electrons. The maximum atomic E-state index is 12.2. The summed E-state index contributed by atoms with van der Waals surface area (Å²) in [4.78, 5) is 24.7. The standard InChI is InChI=1S/C17H15N5O2/c18-16(23)13-6-4-5-12(9-13)10-19-17(24)15-11-20-22(21-15)14-7-2-1-3-8-14/h1-9,11H,10H2,(H2,18,23)(H,19,24). The lowest BCUT2D eigenvalue weighted by atomic mass is 10.1. The second-order valence-corrected chi connectivity index (χ2v) is 5.10. The average Bonchev–Trinajstić information content (AvgIpc) is 3.11. The molecule has 0 atom stereocenters. The molecule has 0 fully saturated rings. The molecule has 0 radical (unpaired) electrons. The van der Waals surface area contributed by atoms with Crippen molar-refractivity contribution in [3.63, 3.8) is 0 Å². The van der Waals surface area contributed by atoms with Gasteiger partial charge in [-0.25, -0.2) is 0 Å². The zero-order valence-electron chi connectivity index (χ0n) is 12.7. The summed E-state index contributed by atoms with van der Waals surface area (Å²) in [5.74, 6) is -0.851. The number of rotatable bonds is 5. The number of nitrogens with zero attached hydrogens (tertiary/aromatic N) is 3. The molecule has 1 aromatic heterocycles. The first-order chi connectivity index (χ1) is 11.6. The Hall–Kier alpha value is -3.48. The molecule has 0 spiro atoms. The lowest BCUT2D eigenvalue weighted by molar-refractivity contribution is 0.0945. The highest BCUT2D eigenvalue weighted by Crippen LogP contribution is 2.06. The summed E-state index contributed by atoms with van der Waals surface area (Å²) in [7, 11) is 0. The van der Waals surface area contributed by atoms with Crippen LogP contribution in [-0.2, 0) is 6.54 Å². The van der Waals surface area contributed by atoms with E-state index in [0.717, 1.165) is 11.3 Å². The van der Waals surface area contributed by atoms with Crippen LogP contribution in [0.15, 0.2) is 60.8 Å². The third-order valence-electron chi connectivity index (χ3n) is 3.38. The zero-order chi connectivity index (χ0) is 16.9. The normalized spacial score (nSPS) is 10.3. The number of carbonyl (C=O) groups excluding carboxylic acids is 2. The number of nitrogens with one attached hydrogen (secondary N) is 1. The van der Waals surface area contributed by atoms with Crippen LogP contribution in [0.5, 0.6) is 0 Å². The van der Waals surface area contributed by atoms with Crippen LogP contribution in [0, 0.1) is 0 Å². The van der Waals surface area contributed by atoms with Gasteiger partial charge in [0.05, 0.1) is 11.9 Å². The second-order valence-electron chi connectivity index (χ2n) is 5.10. The van der Waals surface area contributed by atoms with Gasteiger partial charge < -0.3 is 11.1 Å². The number of benzene rings is 2. The molecule has 7 nitrogen and oxygen atoms in total. The largest absolute Gasteiger partial charge is 0.366 e. The van der Waals surface area contributed by atoms with Gasteiger partial charge in [0, 0.05) is 12.1 Å². The fourth-order valence-corrected chi connectivity index (χ4v) is 2.16. The van der Waals surface area contributed by atoms with E-state index < -0.39 is 5.91 Å². The van der Waals surface area contributed by atoms with Crippen molar-refractivity contribution in [2.45, 2.75) is 6.54 Å². The van der Waals surface area contributed by atoms with Crippen LogP contribution in [0.1, 0.15) is 26.4 Å². The summed E-state index contributed by atoms with van der Waals surface area (Å²) in [6.45, 7) is 0.262. The number of aromatic nitrogens is 3. The van der Waals surface area contributed by atoms with Crippen molar-refractivity contribution in [3.8, 4) is 5.69 Å². The van der Waals surface area contributed by atoms with E-state index in [1.807, 2.05) is 30.3 Å². The predicted molar refractivity (Wildman–Crippen MR) is 87.5 cm³/mol. The van der Waals surface area contributed by atoms with Gasteiger partial charge in [-0.2, -0.15) is 9.90 Å². The van der Waals surface area contributed by atoms with Gasteiger partial charge in [-0.05, 0) is 29.8 Å². The molecule has 0 aliphatic heterocycles. The van der Waals surface area contributed by atoms with E-state index in [2.05, 4.69) is 15.5 Å².